The summed E-state index contributed by atoms with van der Waals surface area (Å²) in [5, 5.41) is 8.85. The van der Waals surface area contributed by atoms with Crippen LogP contribution >= 0.6 is 0 Å². The lowest BCUT2D eigenvalue weighted by Crippen LogP contribution is -2.45. The molecule has 1 fully saturated rings. The van der Waals surface area contributed by atoms with E-state index in [9.17, 15) is 14.4 Å². The quantitative estimate of drug-likeness (QED) is 0.619. The molecular weight excluding hydrogens is 369 g/mol. The molecule has 0 saturated carbocycles. The second kappa shape index (κ2) is 8.24. The van der Waals surface area contributed by atoms with Crippen LogP contribution in [0.3, 0.4) is 0 Å². The lowest BCUT2D eigenvalue weighted by Gasteiger charge is -2.29. The zero-order chi connectivity index (χ0) is 20.4. The third kappa shape index (κ3) is 4.00. The van der Waals surface area contributed by atoms with Crippen LogP contribution in [0.4, 0.5) is 4.39 Å². The fourth-order valence-electron chi connectivity index (χ4n) is 3.83. The van der Waals surface area contributed by atoms with E-state index < -0.39 is 29.6 Å². The van der Waals surface area contributed by atoms with Crippen molar-refractivity contribution >= 4 is 17.8 Å². The predicted octanol–water partition coefficient (Wildman–Crippen LogP) is 0.549. The van der Waals surface area contributed by atoms with Gasteiger partial charge in [-0.3, -0.25) is 14.4 Å². The van der Waals surface area contributed by atoms with Gasteiger partial charge < -0.3 is 26.2 Å². The summed E-state index contributed by atoms with van der Waals surface area (Å²) in [6, 6.07) is 1.79. The second-order valence-corrected chi connectivity index (χ2v) is 7.27. The molecule has 1 aromatic carbocycles. The molecule has 28 heavy (non-hydrogen) atoms. The molecule has 1 saturated heterocycles. The first-order chi connectivity index (χ1) is 13.3. The lowest BCUT2D eigenvalue weighted by molar-refractivity contribution is -0.137. The van der Waals surface area contributed by atoms with E-state index in [0.717, 1.165) is 17.7 Å². The smallest absolute Gasteiger partial charge is 0.303 e. The van der Waals surface area contributed by atoms with E-state index in [-0.39, 0.29) is 42.7 Å². The highest BCUT2D eigenvalue weighted by molar-refractivity contribution is 6.01. The molecule has 0 radical (unpaired) electrons. The predicted molar refractivity (Wildman–Crippen MR) is 96.8 cm³/mol. The van der Waals surface area contributed by atoms with Crippen LogP contribution in [0.5, 0.6) is 0 Å². The molecule has 0 unspecified atom stereocenters. The molecule has 1 aromatic rings. The fraction of sp³-hybridized carbons (Fsp3) is 0.526. The number of aliphatic carboxylic acids is 1. The van der Waals surface area contributed by atoms with Crippen LogP contribution in [0.1, 0.15) is 47.2 Å². The van der Waals surface area contributed by atoms with Crippen LogP contribution in [0.25, 0.3) is 0 Å². The number of benzene rings is 1. The molecular formula is C19H24FN3O5. The van der Waals surface area contributed by atoms with Gasteiger partial charge in [-0.2, -0.15) is 0 Å². The Bertz CT molecular complexity index is 800. The van der Waals surface area contributed by atoms with Gasteiger partial charge in [0.25, 0.3) is 5.91 Å². The molecule has 0 bridgehead atoms. The summed E-state index contributed by atoms with van der Waals surface area (Å²) >= 11 is 0. The van der Waals surface area contributed by atoms with E-state index in [4.69, 9.17) is 21.3 Å². The van der Waals surface area contributed by atoms with Gasteiger partial charge >= 0.3 is 5.97 Å². The minimum Gasteiger partial charge on any atom is -0.481 e. The Balaban J connectivity index is 1.81. The number of primary amides is 1. The number of carboxylic acids is 1. The SMILES string of the molecule is NC(=O)[C@@H](CCC(=O)O)N1Cc2c(ccc(C[C@H]3OCCC[C@@H]3N)c2F)C1=O. The Kier molecular flexibility index (Phi) is 5.95. The van der Waals surface area contributed by atoms with Gasteiger partial charge in [0.05, 0.1) is 12.6 Å². The van der Waals surface area contributed by atoms with Gasteiger partial charge in [0.15, 0.2) is 0 Å². The highest BCUT2D eigenvalue weighted by Crippen LogP contribution is 2.31. The molecule has 0 aliphatic carbocycles. The average Bonchev–Trinajstić information content (AvgIpc) is 2.96. The molecule has 2 aliphatic rings. The second-order valence-electron chi connectivity index (χ2n) is 7.27. The summed E-state index contributed by atoms with van der Waals surface area (Å²) in [6.07, 6.45) is 1.25. The Morgan fingerprint density at radius 1 is 1.39 bits per heavy atom. The maximum absolute atomic E-state index is 15.1. The summed E-state index contributed by atoms with van der Waals surface area (Å²) in [7, 11) is 0. The van der Waals surface area contributed by atoms with Crippen LogP contribution in [-0.4, -0.2) is 52.6 Å². The summed E-state index contributed by atoms with van der Waals surface area (Å²) in [5.74, 6) is -2.96. The molecule has 0 aromatic heterocycles. The maximum Gasteiger partial charge on any atom is 0.303 e. The van der Waals surface area contributed by atoms with Crippen LogP contribution in [0, 0.1) is 5.82 Å². The van der Waals surface area contributed by atoms with Crippen LogP contribution < -0.4 is 11.5 Å². The summed E-state index contributed by atoms with van der Waals surface area (Å²) < 4.78 is 20.7. The van der Waals surface area contributed by atoms with Crippen molar-refractivity contribution in [3.05, 3.63) is 34.6 Å². The first-order valence-corrected chi connectivity index (χ1v) is 9.29. The van der Waals surface area contributed by atoms with E-state index in [1.54, 1.807) is 0 Å². The Labute approximate surface area is 161 Å². The number of carbonyl (C=O) groups excluding carboxylic acids is 2. The van der Waals surface area contributed by atoms with E-state index in [0.29, 0.717) is 18.6 Å². The molecule has 8 nitrogen and oxygen atoms in total. The Morgan fingerprint density at radius 2 is 2.14 bits per heavy atom. The third-order valence-electron chi connectivity index (χ3n) is 5.39. The summed E-state index contributed by atoms with van der Waals surface area (Å²) in [5.41, 5.74) is 12.2. The summed E-state index contributed by atoms with van der Waals surface area (Å²) in [6.45, 7) is 0.458. The highest BCUT2D eigenvalue weighted by Gasteiger charge is 2.38. The number of hydrogen-bond donors (Lipinski definition) is 3. The molecule has 9 heteroatoms. The van der Waals surface area contributed by atoms with Crippen LogP contribution in [-0.2, 0) is 27.3 Å². The Hall–Kier alpha value is -2.52. The number of fused-ring (bicyclic) bond motifs is 1. The number of halogens is 1. The van der Waals surface area contributed by atoms with Crippen molar-refractivity contribution in [3.63, 3.8) is 0 Å². The number of rotatable bonds is 7. The van der Waals surface area contributed by atoms with E-state index in [1.165, 1.54) is 12.1 Å². The summed E-state index contributed by atoms with van der Waals surface area (Å²) in [4.78, 5) is 36.4. The van der Waals surface area contributed by atoms with Gasteiger partial charge in [0, 0.05) is 36.6 Å². The van der Waals surface area contributed by atoms with Crippen molar-refractivity contribution in [1.29, 1.82) is 0 Å². The number of carboxylic acid groups (broad SMARTS) is 1. The zero-order valence-corrected chi connectivity index (χ0v) is 15.4. The standard InChI is InChI=1S/C19H24FN3O5/c20-17-10(8-15-13(21)2-1-7-28-15)3-4-11-12(17)9-23(19(11)27)14(18(22)26)5-6-16(24)25/h3-4,13-15H,1-2,5-9,21H2,(H2,22,26)(H,24,25)/t13-,14+,15+/m0/s1. The lowest BCUT2D eigenvalue weighted by atomic mass is 9.95. The van der Waals surface area contributed by atoms with Gasteiger partial charge in [0.1, 0.15) is 11.9 Å². The molecule has 5 N–H and O–H groups in total. The van der Waals surface area contributed by atoms with Crippen molar-refractivity contribution in [2.24, 2.45) is 11.5 Å². The van der Waals surface area contributed by atoms with Crippen LogP contribution in [0.15, 0.2) is 12.1 Å². The zero-order valence-electron chi connectivity index (χ0n) is 15.4. The van der Waals surface area contributed by atoms with Crippen molar-refractivity contribution in [1.82, 2.24) is 4.90 Å². The first kappa shape index (κ1) is 20.2. The van der Waals surface area contributed by atoms with Crippen molar-refractivity contribution in [2.75, 3.05) is 6.61 Å². The van der Waals surface area contributed by atoms with Crippen molar-refractivity contribution < 1.29 is 28.6 Å². The minimum absolute atomic E-state index is 0.121. The maximum atomic E-state index is 15.1. The van der Waals surface area contributed by atoms with E-state index in [2.05, 4.69) is 0 Å². The largest absolute Gasteiger partial charge is 0.481 e. The van der Waals surface area contributed by atoms with Gasteiger partial charge in [0.2, 0.25) is 5.91 Å². The molecule has 2 heterocycles. The van der Waals surface area contributed by atoms with Gasteiger partial charge in [-0.15, -0.1) is 0 Å². The third-order valence-corrected chi connectivity index (χ3v) is 5.39. The van der Waals surface area contributed by atoms with Crippen LogP contribution in [0.2, 0.25) is 0 Å². The van der Waals surface area contributed by atoms with Gasteiger partial charge in [-0.25, -0.2) is 4.39 Å². The van der Waals surface area contributed by atoms with E-state index >= 15 is 4.39 Å². The van der Waals surface area contributed by atoms with Gasteiger partial charge in [-0.1, -0.05) is 6.07 Å². The normalized spacial score (nSPS) is 22.8. The highest BCUT2D eigenvalue weighted by atomic mass is 19.1. The molecule has 0 spiro atoms. The number of nitrogens with two attached hydrogens (primary N) is 2. The monoisotopic (exact) mass is 393 g/mol. The average molecular weight is 393 g/mol. The number of nitrogens with zero attached hydrogens (tertiary/aromatic N) is 1. The molecule has 2 amide bonds. The number of ether oxygens (including phenoxy) is 1. The number of amides is 2. The van der Waals surface area contributed by atoms with Gasteiger partial charge in [-0.05, 0) is 30.9 Å². The van der Waals surface area contributed by atoms with E-state index in [1.807, 2.05) is 0 Å². The first-order valence-electron chi connectivity index (χ1n) is 9.29. The molecule has 152 valence electrons. The Morgan fingerprint density at radius 3 is 2.79 bits per heavy atom. The van der Waals surface area contributed by atoms with Crippen molar-refractivity contribution in [2.45, 2.75) is 56.8 Å². The topological polar surface area (TPSA) is 136 Å². The number of carbonyl (C=O) groups is 3. The molecule has 2 aliphatic heterocycles. The molecule has 3 rings (SSSR count). The number of hydrogen-bond acceptors (Lipinski definition) is 5. The van der Waals surface area contributed by atoms with Crippen molar-refractivity contribution in [3.8, 4) is 0 Å². The fourth-order valence-corrected chi connectivity index (χ4v) is 3.83. The molecule has 3 atom stereocenters. The minimum atomic E-state index is -1.10.